The maximum Gasteiger partial charge on any atom is 0.244 e. The molecule has 0 unspecified atom stereocenters. The van der Waals surface area contributed by atoms with Gasteiger partial charge in [-0.25, -0.2) is 16.8 Å². The number of nitrogens with one attached hydrogen (secondary N) is 1. The highest BCUT2D eigenvalue weighted by Crippen LogP contribution is 2.20. The van der Waals surface area contributed by atoms with E-state index in [-0.39, 0.29) is 29.4 Å². The van der Waals surface area contributed by atoms with Gasteiger partial charge in [0.15, 0.2) is 0 Å². The van der Waals surface area contributed by atoms with Crippen molar-refractivity contribution in [2.24, 2.45) is 0 Å². The molecule has 0 spiro atoms. The van der Waals surface area contributed by atoms with Crippen molar-refractivity contribution in [2.75, 3.05) is 44.7 Å². The summed E-state index contributed by atoms with van der Waals surface area (Å²) in [6.45, 7) is 0.473. The van der Waals surface area contributed by atoms with Gasteiger partial charge in [0.1, 0.15) is 0 Å². The molecule has 1 N–H and O–H groups in total. The highest BCUT2D eigenvalue weighted by atomic mass is 32.2. The first kappa shape index (κ1) is 23.9. The number of amides is 1. The lowest BCUT2D eigenvalue weighted by Crippen LogP contribution is -2.40. The summed E-state index contributed by atoms with van der Waals surface area (Å²) in [5.41, 5.74) is 0.327. The second-order valence-electron chi connectivity index (χ2n) is 6.88. The number of ether oxygens (including phenoxy) is 1. The number of terminal acetylenes is 1. The van der Waals surface area contributed by atoms with E-state index in [1.165, 1.54) is 40.7 Å². The molecule has 0 aliphatic carbocycles. The van der Waals surface area contributed by atoms with Gasteiger partial charge >= 0.3 is 0 Å². The Morgan fingerprint density at radius 1 is 1.00 bits per heavy atom. The zero-order valence-corrected chi connectivity index (χ0v) is 18.8. The van der Waals surface area contributed by atoms with Gasteiger partial charge in [-0.3, -0.25) is 4.79 Å². The molecule has 2 aromatic carbocycles. The lowest BCUT2D eigenvalue weighted by molar-refractivity contribution is -0.116. The van der Waals surface area contributed by atoms with Gasteiger partial charge in [0.05, 0.1) is 36.1 Å². The SMILES string of the molecule is C#CCN(CC(=O)Nc1ccc(S(=O)(=O)N2CCOCC2)cc1)S(=O)(=O)c1ccccc1. The Labute approximate surface area is 188 Å². The van der Waals surface area contributed by atoms with Crippen molar-refractivity contribution in [2.45, 2.75) is 9.79 Å². The molecule has 0 bridgehead atoms. The van der Waals surface area contributed by atoms with Crippen molar-refractivity contribution in [3.63, 3.8) is 0 Å². The van der Waals surface area contributed by atoms with Gasteiger partial charge < -0.3 is 10.1 Å². The topological polar surface area (TPSA) is 113 Å². The Morgan fingerprint density at radius 2 is 1.62 bits per heavy atom. The summed E-state index contributed by atoms with van der Waals surface area (Å²) in [5, 5.41) is 2.57. The van der Waals surface area contributed by atoms with Crippen LogP contribution in [0.1, 0.15) is 0 Å². The average Bonchev–Trinajstić information content (AvgIpc) is 2.80. The summed E-state index contributed by atoms with van der Waals surface area (Å²) >= 11 is 0. The van der Waals surface area contributed by atoms with Crippen molar-refractivity contribution in [1.82, 2.24) is 8.61 Å². The van der Waals surface area contributed by atoms with E-state index in [2.05, 4.69) is 11.2 Å². The average molecular weight is 478 g/mol. The lowest BCUT2D eigenvalue weighted by atomic mass is 10.3. The van der Waals surface area contributed by atoms with Crippen LogP contribution >= 0.6 is 0 Å². The number of benzene rings is 2. The number of hydrogen-bond acceptors (Lipinski definition) is 6. The number of carbonyl (C=O) groups is 1. The molecule has 2 aromatic rings. The van der Waals surface area contributed by atoms with Crippen LogP contribution in [0.4, 0.5) is 5.69 Å². The second kappa shape index (κ2) is 10.2. The van der Waals surface area contributed by atoms with Gasteiger partial charge in [-0.1, -0.05) is 24.1 Å². The van der Waals surface area contributed by atoms with Gasteiger partial charge in [-0.15, -0.1) is 6.42 Å². The third-order valence-corrected chi connectivity index (χ3v) is 8.43. The Kier molecular flexibility index (Phi) is 7.65. The fraction of sp³-hybridized carbons (Fsp3) is 0.286. The van der Waals surface area contributed by atoms with Crippen molar-refractivity contribution in [3.8, 4) is 12.3 Å². The molecular weight excluding hydrogens is 454 g/mol. The molecule has 0 atom stereocenters. The largest absolute Gasteiger partial charge is 0.379 e. The number of hydrogen-bond donors (Lipinski definition) is 1. The Hall–Kier alpha value is -2.75. The smallest absolute Gasteiger partial charge is 0.244 e. The molecule has 9 nitrogen and oxygen atoms in total. The number of carbonyl (C=O) groups excluding carboxylic acids is 1. The Bertz CT molecular complexity index is 1180. The van der Waals surface area contributed by atoms with Crippen LogP contribution in [0.25, 0.3) is 0 Å². The molecule has 0 radical (unpaired) electrons. The van der Waals surface area contributed by atoms with Crippen molar-refractivity contribution < 1.29 is 26.4 Å². The number of nitrogens with zero attached hydrogens (tertiary/aromatic N) is 2. The summed E-state index contributed by atoms with van der Waals surface area (Å²) in [6, 6.07) is 13.3. The lowest BCUT2D eigenvalue weighted by Gasteiger charge is -2.26. The van der Waals surface area contributed by atoms with Crippen LogP contribution in [-0.4, -0.2) is 70.7 Å². The van der Waals surface area contributed by atoms with Gasteiger partial charge in [-0.2, -0.15) is 8.61 Å². The summed E-state index contributed by atoms with van der Waals surface area (Å²) in [7, 11) is -7.61. The van der Waals surface area contributed by atoms with E-state index in [1.807, 2.05) is 0 Å². The molecule has 1 fully saturated rings. The van der Waals surface area contributed by atoms with Crippen LogP contribution in [0.15, 0.2) is 64.4 Å². The highest BCUT2D eigenvalue weighted by molar-refractivity contribution is 7.89. The van der Waals surface area contributed by atoms with Crippen LogP contribution in [0.3, 0.4) is 0 Å². The van der Waals surface area contributed by atoms with E-state index >= 15 is 0 Å². The number of sulfonamides is 2. The molecule has 1 aliphatic heterocycles. The van der Waals surface area contributed by atoms with E-state index in [4.69, 9.17) is 11.2 Å². The normalized spacial score (nSPS) is 15.2. The highest BCUT2D eigenvalue weighted by Gasteiger charge is 2.27. The Morgan fingerprint density at radius 3 is 2.22 bits per heavy atom. The molecule has 0 saturated carbocycles. The van der Waals surface area contributed by atoms with E-state index in [1.54, 1.807) is 18.2 Å². The van der Waals surface area contributed by atoms with Gasteiger partial charge in [0.25, 0.3) is 0 Å². The molecule has 170 valence electrons. The van der Waals surface area contributed by atoms with E-state index in [0.717, 1.165) is 4.31 Å². The first-order valence-corrected chi connectivity index (χ1v) is 12.6. The minimum absolute atomic E-state index is 0.0284. The summed E-state index contributed by atoms with van der Waals surface area (Å²) in [5.74, 6) is 1.65. The van der Waals surface area contributed by atoms with Gasteiger partial charge in [-0.05, 0) is 36.4 Å². The van der Waals surface area contributed by atoms with Crippen LogP contribution in [-0.2, 0) is 29.6 Å². The predicted molar refractivity (Wildman–Crippen MR) is 119 cm³/mol. The summed E-state index contributed by atoms with van der Waals surface area (Å²) in [6.07, 6.45) is 5.29. The molecule has 1 amide bonds. The van der Waals surface area contributed by atoms with E-state index in [9.17, 15) is 21.6 Å². The first-order chi connectivity index (χ1) is 15.2. The zero-order valence-electron chi connectivity index (χ0n) is 17.2. The number of rotatable bonds is 8. The molecule has 1 saturated heterocycles. The molecule has 3 rings (SSSR count). The number of morpholine rings is 1. The van der Waals surface area contributed by atoms with Crippen LogP contribution in [0.2, 0.25) is 0 Å². The first-order valence-electron chi connectivity index (χ1n) is 9.71. The summed E-state index contributed by atoms with van der Waals surface area (Å²) in [4.78, 5) is 12.6. The standard InChI is InChI=1S/C21H23N3O6S2/c1-2-12-24(32(28,29)19-6-4-3-5-7-19)17-21(25)22-18-8-10-20(11-9-18)31(26,27)23-13-15-30-16-14-23/h1,3-11H,12-17H2,(H,22,25). The summed E-state index contributed by atoms with van der Waals surface area (Å²) < 4.78 is 58.3. The van der Waals surface area contributed by atoms with Gasteiger partial charge in [0, 0.05) is 18.8 Å². The fourth-order valence-electron chi connectivity index (χ4n) is 3.08. The minimum atomic E-state index is -3.95. The quantitative estimate of drug-likeness (QED) is 0.567. The van der Waals surface area contributed by atoms with Crippen LogP contribution < -0.4 is 5.32 Å². The third-order valence-electron chi connectivity index (χ3n) is 4.71. The van der Waals surface area contributed by atoms with E-state index < -0.39 is 32.5 Å². The molecular formula is C21H23N3O6S2. The Balaban J connectivity index is 1.69. The maximum absolute atomic E-state index is 12.8. The molecule has 0 aromatic heterocycles. The van der Waals surface area contributed by atoms with Gasteiger partial charge in [0.2, 0.25) is 26.0 Å². The predicted octanol–water partition coefficient (Wildman–Crippen LogP) is 0.970. The molecule has 1 aliphatic rings. The van der Waals surface area contributed by atoms with E-state index in [0.29, 0.717) is 18.9 Å². The monoisotopic (exact) mass is 477 g/mol. The van der Waals surface area contributed by atoms with Crippen molar-refractivity contribution >= 4 is 31.6 Å². The second-order valence-corrected chi connectivity index (χ2v) is 10.8. The maximum atomic E-state index is 12.8. The van der Waals surface area contributed by atoms with Crippen LogP contribution in [0.5, 0.6) is 0 Å². The molecule has 32 heavy (non-hydrogen) atoms. The van der Waals surface area contributed by atoms with Crippen LogP contribution in [0, 0.1) is 12.3 Å². The zero-order chi connectivity index (χ0) is 23.2. The minimum Gasteiger partial charge on any atom is -0.379 e. The third kappa shape index (κ3) is 5.53. The molecule has 11 heteroatoms. The fourth-order valence-corrected chi connectivity index (χ4v) is 5.82. The molecule has 1 heterocycles. The van der Waals surface area contributed by atoms with Crippen molar-refractivity contribution in [1.29, 1.82) is 0 Å². The number of anilines is 1. The van der Waals surface area contributed by atoms with Crippen molar-refractivity contribution in [3.05, 3.63) is 54.6 Å².